The Morgan fingerprint density at radius 2 is 1.62 bits per heavy atom. The largest absolute Gasteiger partial charge is 0.496 e. The van der Waals surface area contributed by atoms with E-state index in [-0.39, 0.29) is 0 Å². The molecule has 1 rings (SSSR count). The summed E-state index contributed by atoms with van der Waals surface area (Å²) in [6.07, 6.45) is 3.73. The van der Waals surface area contributed by atoms with Gasteiger partial charge < -0.3 is 19.5 Å². The molecule has 1 N–H and O–H groups in total. The van der Waals surface area contributed by atoms with Gasteiger partial charge in [-0.15, -0.1) is 0 Å². The minimum atomic E-state index is 0.731. The van der Waals surface area contributed by atoms with E-state index in [9.17, 15) is 0 Å². The third kappa shape index (κ3) is 5.46. The molecule has 0 radical (unpaired) electrons. The molecule has 120 valence electrons. The number of rotatable bonds is 10. The predicted octanol–water partition coefficient (Wildman–Crippen LogP) is 3.63. The number of methoxy groups -OCH3 is 3. The minimum absolute atomic E-state index is 0.731. The number of hydrogen-bond acceptors (Lipinski definition) is 4. The molecule has 0 saturated carbocycles. The summed E-state index contributed by atoms with van der Waals surface area (Å²) >= 11 is 0. The SMILES string of the molecule is CCCC(C)CCNCc1c(OC)cc(OC)cc1OC. The van der Waals surface area contributed by atoms with Gasteiger partial charge in [-0.05, 0) is 18.9 Å². The standard InChI is InChI=1S/C17H29NO3/c1-6-7-13(2)8-9-18-12-15-16(20-4)10-14(19-3)11-17(15)21-5/h10-11,13,18H,6-9,12H2,1-5H3. The Morgan fingerprint density at radius 3 is 2.10 bits per heavy atom. The van der Waals surface area contributed by atoms with Crippen LogP contribution in [0.2, 0.25) is 0 Å². The van der Waals surface area contributed by atoms with Crippen molar-refractivity contribution in [1.29, 1.82) is 0 Å². The van der Waals surface area contributed by atoms with Crippen molar-refractivity contribution < 1.29 is 14.2 Å². The zero-order chi connectivity index (χ0) is 15.7. The van der Waals surface area contributed by atoms with Crippen molar-refractivity contribution in [2.45, 2.75) is 39.7 Å². The molecule has 1 aromatic carbocycles. The first kappa shape index (κ1) is 17.6. The maximum atomic E-state index is 5.45. The Morgan fingerprint density at radius 1 is 1.00 bits per heavy atom. The first-order chi connectivity index (χ1) is 10.2. The Balaban J connectivity index is 2.64. The normalized spacial score (nSPS) is 12.0. The average molecular weight is 295 g/mol. The van der Waals surface area contributed by atoms with E-state index in [0.717, 1.165) is 41.8 Å². The van der Waals surface area contributed by atoms with Gasteiger partial charge in [-0.1, -0.05) is 26.7 Å². The maximum Gasteiger partial charge on any atom is 0.130 e. The first-order valence-electron chi connectivity index (χ1n) is 7.65. The van der Waals surface area contributed by atoms with Gasteiger partial charge in [0, 0.05) is 18.7 Å². The van der Waals surface area contributed by atoms with Gasteiger partial charge in [0.05, 0.1) is 26.9 Å². The molecule has 0 aromatic heterocycles. The van der Waals surface area contributed by atoms with Gasteiger partial charge in [-0.2, -0.15) is 0 Å². The monoisotopic (exact) mass is 295 g/mol. The zero-order valence-corrected chi connectivity index (χ0v) is 14.0. The van der Waals surface area contributed by atoms with Crippen LogP contribution in [0.5, 0.6) is 17.2 Å². The highest BCUT2D eigenvalue weighted by atomic mass is 16.5. The molecular formula is C17H29NO3. The molecule has 0 bridgehead atoms. The Labute approximate surface area is 128 Å². The van der Waals surface area contributed by atoms with E-state index in [1.54, 1.807) is 21.3 Å². The number of ether oxygens (including phenoxy) is 3. The van der Waals surface area contributed by atoms with Gasteiger partial charge in [0.25, 0.3) is 0 Å². The van der Waals surface area contributed by atoms with Crippen LogP contribution in [-0.4, -0.2) is 27.9 Å². The summed E-state index contributed by atoms with van der Waals surface area (Å²) in [5.41, 5.74) is 1.03. The van der Waals surface area contributed by atoms with Crippen LogP contribution in [0.25, 0.3) is 0 Å². The zero-order valence-electron chi connectivity index (χ0n) is 14.0. The van der Waals surface area contributed by atoms with E-state index in [2.05, 4.69) is 19.2 Å². The Bertz CT molecular complexity index is 395. The summed E-state index contributed by atoms with van der Waals surface area (Å²) in [5, 5.41) is 3.48. The lowest BCUT2D eigenvalue weighted by Gasteiger charge is -2.16. The number of nitrogens with one attached hydrogen (secondary N) is 1. The van der Waals surface area contributed by atoms with Crippen LogP contribution < -0.4 is 19.5 Å². The summed E-state index contributed by atoms with van der Waals surface area (Å²) < 4.78 is 16.2. The molecule has 0 aliphatic carbocycles. The van der Waals surface area contributed by atoms with Gasteiger partial charge in [-0.25, -0.2) is 0 Å². The Hall–Kier alpha value is -1.42. The quantitative estimate of drug-likeness (QED) is 0.669. The van der Waals surface area contributed by atoms with Crippen molar-refractivity contribution in [1.82, 2.24) is 5.32 Å². The van der Waals surface area contributed by atoms with Crippen molar-refractivity contribution in [2.75, 3.05) is 27.9 Å². The maximum absolute atomic E-state index is 5.45. The van der Waals surface area contributed by atoms with Gasteiger partial charge in [0.15, 0.2) is 0 Å². The Kier molecular flexibility index (Phi) is 7.98. The molecule has 1 aromatic rings. The molecule has 0 heterocycles. The molecule has 0 fully saturated rings. The van der Waals surface area contributed by atoms with E-state index in [0.29, 0.717) is 0 Å². The van der Waals surface area contributed by atoms with E-state index in [1.807, 2.05) is 12.1 Å². The molecule has 21 heavy (non-hydrogen) atoms. The summed E-state index contributed by atoms with van der Waals surface area (Å²) in [6.45, 7) is 6.27. The lowest BCUT2D eigenvalue weighted by atomic mass is 10.0. The highest BCUT2D eigenvalue weighted by Gasteiger charge is 2.12. The summed E-state index contributed by atoms with van der Waals surface area (Å²) in [5.74, 6) is 3.09. The average Bonchev–Trinajstić information content (AvgIpc) is 2.51. The third-order valence-electron chi connectivity index (χ3n) is 3.71. The van der Waals surface area contributed by atoms with Crippen LogP contribution in [0.1, 0.15) is 38.7 Å². The van der Waals surface area contributed by atoms with Gasteiger partial charge in [-0.3, -0.25) is 0 Å². The molecule has 4 nitrogen and oxygen atoms in total. The molecule has 0 saturated heterocycles. The van der Waals surface area contributed by atoms with Crippen LogP contribution in [0.15, 0.2) is 12.1 Å². The third-order valence-corrected chi connectivity index (χ3v) is 3.71. The van der Waals surface area contributed by atoms with Crippen molar-refractivity contribution in [2.24, 2.45) is 5.92 Å². The van der Waals surface area contributed by atoms with Crippen LogP contribution in [-0.2, 0) is 6.54 Å². The van der Waals surface area contributed by atoms with Crippen LogP contribution in [0.3, 0.4) is 0 Å². The van der Waals surface area contributed by atoms with E-state index < -0.39 is 0 Å². The predicted molar refractivity (Wildman–Crippen MR) is 86.5 cm³/mol. The minimum Gasteiger partial charge on any atom is -0.496 e. The molecule has 1 atom stereocenters. The van der Waals surface area contributed by atoms with E-state index >= 15 is 0 Å². The van der Waals surface area contributed by atoms with Crippen molar-refractivity contribution >= 4 is 0 Å². The highest BCUT2D eigenvalue weighted by Crippen LogP contribution is 2.33. The van der Waals surface area contributed by atoms with Crippen molar-refractivity contribution in [3.8, 4) is 17.2 Å². The van der Waals surface area contributed by atoms with Crippen LogP contribution in [0, 0.1) is 5.92 Å². The van der Waals surface area contributed by atoms with Crippen LogP contribution >= 0.6 is 0 Å². The summed E-state index contributed by atoms with van der Waals surface area (Å²) in [7, 11) is 4.98. The van der Waals surface area contributed by atoms with E-state index in [1.165, 1.54) is 19.3 Å². The molecule has 0 aliphatic rings. The second kappa shape index (κ2) is 9.50. The molecule has 0 aliphatic heterocycles. The molecule has 4 heteroatoms. The van der Waals surface area contributed by atoms with Gasteiger partial charge >= 0.3 is 0 Å². The van der Waals surface area contributed by atoms with E-state index in [4.69, 9.17) is 14.2 Å². The van der Waals surface area contributed by atoms with Crippen LogP contribution in [0.4, 0.5) is 0 Å². The number of benzene rings is 1. The van der Waals surface area contributed by atoms with Gasteiger partial charge in [0.2, 0.25) is 0 Å². The van der Waals surface area contributed by atoms with Gasteiger partial charge in [0.1, 0.15) is 17.2 Å². The second-order valence-electron chi connectivity index (χ2n) is 5.37. The molecule has 1 unspecified atom stereocenters. The molecule has 0 amide bonds. The topological polar surface area (TPSA) is 39.7 Å². The second-order valence-corrected chi connectivity index (χ2v) is 5.37. The fourth-order valence-electron chi connectivity index (χ4n) is 2.45. The summed E-state index contributed by atoms with van der Waals surface area (Å²) in [4.78, 5) is 0. The smallest absolute Gasteiger partial charge is 0.130 e. The summed E-state index contributed by atoms with van der Waals surface area (Å²) in [6, 6.07) is 3.78. The molecular weight excluding hydrogens is 266 g/mol. The highest BCUT2D eigenvalue weighted by molar-refractivity contribution is 5.50. The van der Waals surface area contributed by atoms with Crippen molar-refractivity contribution in [3.63, 3.8) is 0 Å². The number of hydrogen-bond donors (Lipinski definition) is 1. The molecule has 0 spiro atoms. The lowest BCUT2D eigenvalue weighted by molar-refractivity contribution is 0.365. The lowest BCUT2D eigenvalue weighted by Crippen LogP contribution is -2.18. The fourth-order valence-corrected chi connectivity index (χ4v) is 2.45. The fraction of sp³-hybridized carbons (Fsp3) is 0.647. The van der Waals surface area contributed by atoms with Crippen molar-refractivity contribution in [3.05, 3.63) is 17.7 Å². The first-order valence-corrected chi connectivity index (χ1v) is 7.65.